The number of fused-ring (bicyclic) bond motifs is 1. The van der Waals surface area contributed by atoms with Gasteiger partial charge in [-0.3, -0.25) is 4.79 Å². The summed E-state index contributed by atoms with van der Waals surface area (Å²) in [4.78, 5) is 17.9. The molecule has 158 valence electrons. The first-order chi connectivity index (χ1) is 15.1. The van der Waals surface area contributed by atoms with Crippen molar-refractivity contribution in [3.63, 3.8) is 0 Å². The lowest BCUT2D eigenvalue weighted by atomic mass is 10.2. The van der Waals surface area contributed by atoms with Gasteiger partial charge in [-0.2, -0.15) is 9.78 Å². The van der Waals surface area contributed by atoms with Crippen LogP contribution in [0.15, 0.2) is 75.2 Å². The number of aryl methyl sites for hydroxylation is 1. The Kier molecular flexibility index (Phi) is 6.32. The van der Waals surface area contributed by atoms with Crippen molar-refractivity contribution in [2.45, 2.75) is 26.2 Å². The Morgan fingerprint density at radius 1 is 1.16 bits per heavy atom. The summed E-state index contributed by atoms with van der Waals surface area (Å²) < 4.78 is 9.51. The monoisotopic (exact) mass is 478 g/mol. The second kappa shape index (κ2) is 9.31. The molecule has 4 rings (SSSR count). The molecule has 2 heterocycles. The van der Waals surface area contributed by atoms with Gasteiger partial charge in [0.2, 0.25) is 0 Å². The number of benzene rings is 2. The third kappa shape index (κ3) is 4.46. The number of nitrogens with zero attached hydrogens (tertiary/aromatic N) is 4. The summed E-state index contributed by atoms with van der Waals surface area (Å²) in [5, 5.41) is 5.10. The molecule has 31 heavy (non-hydrogen) atoms. The summed E-state index contributed by atoms with van der Waals surface area (Å²) in [5.41, 5.74) is 2.35. The zero-order valence-corrected chi connectivity index (χ0v) is 19.0. The van der Waals surface area contributed by atoms with Crippen LogP contribution in [0, 0.1) is 0 Å². The van der Waals surface area contributed by atoms with Crippen molar-refractivity contribution in [3.05, 3.63) is 87.1 Å². The molecule has 0 radical (unpaired) electrons. The summed E-state index contributed by atoms with van der Waals surface area (Å²) >= 11 is 3.44. The zero-order chi connectivity index (χ0) is 21.8. The summed E-state index contributed by atoms with van der Waals surface area (Å²) in [6.07, 6.45) is 6.30. The normalized spacial score (nSPS) is 11.5. The van der Waals surface area contributed by atoms with Crippen molar-refractivity contribution in [2.75, 3.05) is 7.11 Å². The predicted molar refractivity (Wildman–Crippen MR) is 128 cm³/mol. The van der Waals surface area contributed by atoms with Gasteiger partial charge in [0.1, 0.15) is 11.6 Å². The molecule has 0 aliphatic carbocycles. The van der Waals surface area contributed by atoms with Crippen molar-refractivity contribution in [1.29, 1.82) is 0 Å². The first kappa shape index (κ1) is 21.1. The Morgan fingerprint density at radius 3 is 2.71 bits per heavy atom. The smallest absolute Gasteiger partial charge is 0.282 e. The van der Waals surface area contributed by atoms with Crippen LogP contribution in [0.2, 0.25) is 0 Å². The van der Waals surface area contributed by atoms with E-state index in [0.29, 0.717) is 23.1 Å². The number of aromatic nitrogens is 3. The van der Waals surface area contributed by atoms with Crippen molar-refractivity contribution < 1.29 is 4.74 Å². The van der Waals surface area contributed by atoms with Gasteiger partial charge in [-0.05, 0) is 61.0 Å². The Balaban J connectivity index is 1.77. The molecule has 4 aromatic rings. The SMILES string of the molecule is CCCCc1nc2ccc(Br)cc2c(=O)n1N=Cc1cccn1-c1ccc(OC)cc1. The van der Waals surface area contributed by atoms with E-state index in [0.717, 1.165) is 34.4 Å². The van der Waals surface area contributed by atoms with Gasteiger partial charge in [0.25, 0.3) is 5.56 Å². The van der Waals surface area contributed by atoms with Gasteiger partial charge in [-0.1, -0.05) is 29.3 Å². The Morgan fingerprint density at radius 2 is 1.97 bits per heavy atom. The maximum Gasteiger partial charge on any atom is 0.282 e. The molecule has 6 nitrogen and oxygen atoms in total. The van der Waals surface area contributed by atoms with E-state index >= 15 is 0 Å². The molecular formula is C24H23BrN4O2. The topological polar surface area (TPSA) is 61.4 Å². The molecule has 0 unspecified atom stereocenters. The predicted octanol–water partition coefficient (Wildman–Crippen LogP) is 5.18. The molecule has 0 saturated carbocycles. The van der Waals surface area contributed by atoms with Crippen molar-refractivity contribution >= 4 is 33.0 Å². The second-order valence-corrected chi connectivity index (χ2v) is 8.07. The highest BCUT2D eigenvalue weighted by atomic mass is 79.9. The molecule has 0 bridgehead atoms. The van der Waals surface area contributed by atoms with Crippen LogP contribution in [0.1, 0.15) is 31.3 Å². The highest BCUT2D eigenvalue weighted by Crippen LogP contribution is 2.18. The standard InChI is InChI=1S/C24H23BrN4O2/c1-3-4-7-23-27-22-13-8-17(25)15-21(22)24(30)29(23)26-16-19-6-5-14-28(19)18-9-11-20(31-2)12-10-18/h5-6,8-16H,3-4,7H2,1-2H3. The minimum absolute atomic E-state index is 0.170. The van der Waals surface area contributed by atoms with E-state index in [9.17, 15) is 4.79 Å². The number of ether oxygens (including phenoxy) is 1. The van der Waals surface area contributed by atoms with Crippen LogP contribution < -0.4 is 10.3 Å². The van der Waals surface area contributed by atoms with Crippen LogP contribution in [0.3, 0.4) is 0 Å². The van der Waals surface area contributed by atoms with Gasteiger partial charge in [-0.25, -0.2) is 4.98 Å². The molecule has 0 fully saturated rings. The maximum atomic E-state index is 13.2. The van der Waals surface area contributed by atoms with Gasteiger partial charge in [-0.15, -0.1) is 0 Å². The lowest BCUT2D eigenvalue weighted by molar-refractivity contribution is 0.415. The van der Waals surface area contributed by atoms with Crippen molar-refractivity contribution in [3.8, 4) is 11.4 Å². The van der Waals surface area contributed by atoms with Gasteiger partial charge in [0.15, 0.2) is 0 Å². The number of hydrogen-bond donors (Lipinski definition) is 0. The Bertz CT molecular complexity index is 1290. The van der Waals surface area contributed by atoms with E-state index in [1.54, 1.807) is 19.4 Å². The van der Waals surface area contributed by atoms with Gasteiger partial charge >= 0.3 is 0 Å². The molecule has 0 saturated heterocycles. The molecule has 0 spiro atoms. The number of rotatable bonds is 7. The Hall–Kier alpha value is -3.19. The first-order valence-electron chi connectivity index (χ1n) is 10.2. The van der Waals surface area contributed by atoms with E-state index < -0.39 is 0 Å². The molecule has 0 amide bonds. The second-order valence-electron chi connectivity index (χ2n) is 7.16. The molecule has 2 aromatic heterocycles. The lowest BCUT2D eigenvalue weighted by Gasteiger charge is -2.10. The van der Waals surface area contributed by atoms with Crippen LogP contribution in [0.5, 0.6) is 5.75 Å². The van der Waals surface area contributed by atoms with Crippen LogP contribution >= 0.6 is 15.9 Å². The highest BCUT2D eigenvalue weighted by molar-refractivity contribution is 9.10. The molecule has 0 aliphatic heterocycles. The summed E-state index contributed by atoms with van der Waals surface area (Å²) in [6, 6.07) is 17.2. The van der Waals surface area contributed by atoms with E-state index in [-0.39, 0.29) is 5.56 Å². The minimum Gasteiger partial charge on any atom is -0.497 e. The summed E-state index contributed by atoms with van der Waals surface area (Å²) in [6.45, 7) is 2.12. The van der Waals surface area contributed by atoms with E-state index in [2.05, 4.69) is 28.0 Å². The van der Waals surface area contributed by atoms with Crippen LogP contribution in [-0.2, 0) is 6.42 Å². The van der Waals surface area contributed by atoms with Gasteiger partial charge in [0.05, 0.1) is 29.9 Å². The van der Waals surface area contributed by atoms with Crippen LogP contribution in [0.4, 0.5) is 0 Å². The Labute approximate surface area is 188 Å². The number of methoxy groups -OCH3 is 1. The fraction of sp³-hybridized carbons (Fsp3) is 0.208. The van der Waals surface area contributed by atoms with E-state index in [1.807, 2.05) is 59.3 Å². The average Bonchev–Trinajstić information content (AvgIpc) is 3.26. The van der Waals surface area contributed by atoms with Crippen LogP contribution in [0.25, 0.3) is 16.6 Å². The minimum atomic E-state index is -0.170. The summed E-state index contributed by atoms with van der Waals surface area (Å²) in [7, 11) is 1.65. The lowest BCUT2D eigenvalue weighted by Crippen LogP contribution is -2.22. The number of hydrogen-bond acceptors (Lipinski definition) is 4. The van der Waals surface area contributed by atoms with Crippen LogP contribution in [-0.4, -0.2) is 27.6 Å². The third-order valence-corrected chi connectivity index (χ3v) is 5.56. The fourth-order valence-electron chi connectivity index (χ4n) is 3.40. The van der Waals surface area contributed by atoms with E-state index in [1.165, 1.54) is 4.68 Å². The zero-order valence-electron chi connectivity index (χ0n) is 17.5. The van der Waals surface area contributed by atoms with Gasteiger partial charge in [0, 0.05) is 22.8 Å². The molecule has 2 aromatic carbocycles. The molecule has 0 aliphatic rings. The van der Waals surface area contributed by atoms with Gasteiger partial charge < -0.3 is 9.30 Å². The first-order valence-corrected chi connectivity index (χ1v) is 11.0. The van der Waals surface area contributed by atoms with Crippen molar-refractivity contribution in [1.82, 2.24) is 14.2 Å². The largest absolute Gasteiger partial charge is 0.497 e. The maximum absolute atomic E-state index is 13.2. The highest BCUT2D eigenvalue weighted by Gasteiger charge is 2.11. The number of halogens is 1. The fourth-order valence-corrected chi connectivity index (χ4v) is 3.77. The molecule has 0 N–H and O–H groups in total. The van der Waals surface area contributed by atoms with E-state index in [4.69, 9.17) is 9.72 Å². The third-order valence-electron chi connectivity index (χ3n) is 5.07. The van der Waals surface area contributed by atoms with Crippen molar-refractivity contribution in [2.24, 2.45) is 5.10 Å². The number of unbranched alkanes of at least 4 members (excludes halogenated alkanes) is 1. The molecule has 0 atom stereocenters. The molecule has 7 heteroatoms. The quantitative estimate of drug-likeness (QED) is 0.343. The molecular weight excluding hydrogens is 456 g/mol. The summed E-state index contributed by atoms with van der Waals surface area (Å²) in [5.74, 6) is 1.46. The average molecular weight is 479 g/mol.